The van der Waals surface area contributed by atoms with Crippen molar-refractivity contribution in [3.8, 4) is 5.75 Å². The summed E-state index contributed by atoms with van der Waals surface area (Å²) in [5, 5.41) is 13.5. The molecule has 1 aliphatic carbocycles. The van der Waals surface area contributed by atoms with Crippen molar-refractivity contribution in [3.05, 3.63) is 47.3 Å². The zero-order valence-electron chi connectivity index (χ0n) is 17.5. The van der Waals surface area contributed by atoms with E-state index in [1.54, 1.807) is 0 Å². The lowest BCUT2D eigenvalue weighted by atomic mass is 9.86. The molecule has 3 N–H and O–H groups in total. The summed E-state index contributed by atoms with van der Waals surface area (Å²) in [6.07, 6.45) is 3.90. The SMILES string of the molecule is COc1cnc(C(=O)NC2C=C([C@]3(C)CS(=O)(=O)C(C)(C)C(=N)N3)C(F)=CC2)c(F)c1. The number of hydrogen-bond donors (Lipinski definition) is 3. The standard InChI is InChI=1S/C20H24F2N4O4S/c1-19(2)18(23)26-20(3,10-31(19,28)29)13-7-11(5-6-14(13)21)25-17(27)16-15(22)8-12(30-4)9-24-16/h6-9,11H,5,10H2,1-4H3,(H2,23,26)(H,25,27)/t11?,20-/m0/s1. The number of ether oxygens (including phenoxy) is 1. The van der Waals surface area contributed by atoms with Crippen LogP contribution in [0.25, 0.3) is 0 Å². The maximum Gasteiger partial charge on any atom is 0.273 e. The van der Waals surface area contributed by atoms with Crippen LogP contribution >= 0.6 is 0 Å². The summed E-state index contributed by atoms with van der Waals surface area (Å²) in [6.45, 7) is 4.32. The third kappa shape index (κ3) is 4.06. The van der Waals surface area contributed by atoms with Gasteiger partial charge in [0.05, 0.1) is 30.6 Å². The van der Waals surface area contributed by atoms with Crippen LogP contribution in [-0.4, -0.2) is 54.3 Å². The van der Waals surface area contributed by atoms with Crippen molar-refractivity contribution in [2.75, 3.05) is 12.9 Å². The molecule has 1 aromatic rings. The van der Waals surface area contributed by atoms with Crippen LogP contribution in [0.4, 0.5) is 8.78 Å². The van der Waals surface area contributed by atoms with Crippen LogP contribution in [0.2, 0.25) is 0 Å². The van der Waals surface area contributed by atoms with Gasteiger partial charge in [0.2, 0.25) is 0 Å². The lowest BCUT2D eigenvalue weighted by Gasteiger charge is -2.44. The molecule has 0 bridgehead atoms. The lowest BCUT2D eigenvalue weighted by molar-refractivity contribution is 0.0934. The molecule has 0 spiro atoms. The van der Waals surface area contributed by atoms with Gasteiger partial charge in [0.25, 0.3) is 5.91 Å². The number of halogens is 2. The van der Waals surface area contributed by atoms with Crippen molar-refractivity contribution < 1.29 is 26.7 Å². The number of carbonyl (C=O) groups is 1. The van der Waals surface area contributed by atoms with Crippen molar-refractivity contribution in [3.63, 3.8) is 0 Å². The maximum atomic E-state index is 14.7. The Bertz CT molecular complexity index is 1110. The summed E-state index contributed by atoms with van der Waals surface area (Å²) in [6, 6.07) is 0.296. The minimum Gasteiger partial charge on any atom is -0.495 e. The summed E-state index contributed by atoms with van der Waals surface area (Å²) < 4.78 is 57.8. The first-order valence-electron chi connectivity index (χ1n) is 9.49. The van der Waals surface area contributed by atoms with Gasteiger partial charge in [-0.3, -0.25) is 10.2 Å². The second-order valence-corrected chi connectivity index (χ2v) is 10.8. The van der Waals surface area contributed by atoms with E-state index in [-0.39, 0.29) is 23.6 Å². The van der Waals surface area contributed by atoms with E-state index in [1.165, 1.54) is 46.2 Å². The van der Waals surface area contributed by atoms with Crippen molar-refractivity contribution in [1.82, 2.24) is 15.6 Å². The summed E-state index contributed by atoms with van der Waals surface area (Å²) in [5.74, 6) is -2.84. The Morgan fingerprint density at radius 3 is 2.61 bits per heavy atom. The van der Waals surface area contributed by atoms with E-state index in [2.05, 4.69) is 15.6 Å². The van der Waals surface area contributed by atoms with E-state index in [4.69, 9.17) is 10.1 Å². The molecule has 11 heteroatoms. The van der Waals surface area contributed by atoms with Crippen LogP contribution in [-0.2, 0) is 9.84 Å². The van der Waals surface area contributed by atoms with Gasteiger partial charge in [0.15, 0.2) is 21.3 Å². The number of rotatable bonds is 4. The zero-order chi connectivity index (χ0) is 23.2. The van der Waals surface area contributed by atoms with E-state index < -0.39 is 55.2 Å². The van der Waals surface area contributed by atoms with Crippen molar-refractivity contribution in [2.24, 2.45) is 0 Å². The molecule has 168 valence electrons. The minimum absolute atomic E-state index is 0.0102. The average molecular weight is 454 g/mol. The van der Waals surface area contributed by atoms with Gasteiger partial charge in [-0.15, -0.1) is 0 Å². The monoisotopic (exact) mass is 454 g/mol. The molecule has 1 aliphatic heterocycles. The topological polar surface area (TPSA) is 121 Å². The van der Waals surface area contributed by atoms with Crippen molar-refractivity contribution in [2.45, 2.75) is 43.5 Å². The predicted octanol–water partition coefficient (Wildman–Crippen LogP) is 2.04. The van der Waals surface area contributed by atoms with Crippen LogP contribution in [0.3, 0.4) is 0 Å². The first-order valence-corrected chi connectivity index (χ1v) is 11.1. The fourth-order valence-corrected chi connectivity index (χ4v) is 5.21. The number of hydrogen-bond acceptors (Lipinski definition) is 6. The van der Waals surface area contributed by atoms with Crippen molar-refractivity contribution >= 4 is 21.6 Å². The number of sulfone groups is 1. The number of nitrogens with zero attached hydrogens (tertiary/aromatic N) is 1. The fraction of sp³-hybridized carbons (Fsp3) is 0.450. The normalized spacial score (nSPS) is 26.9. The van der Waals surface area contributed by atoms with Crippen LogP contribution in [0, 0.1) is 11.2 Å². The Hall–Kier alpha value is -2.82. The second-order valence-electron chi connectivity index (χ2n) is 8.26. The molecule has 2 aliphatic rings. The number of nitrogens with one attached hydrogen (secondary N) is 3. The molecule has 2 atom stereocenters. The lowest BCUT2D eigenvalue weighted by Crippen LogP contribution is -2.66. The molecular weight excluding hydrogens is 430 g/mol. The number of pyridine rings is 1. The predicted molar refractivity (Wildman–Crippen MR) is 111 cm³/mol. The van der Waals surface area contributed by atoms with Gasteiger partial charge in [-0.25, -0.2) is 22.2 Å². The molecule has 0 saturated carbocycles. The van der Waals surface area contributed by atoms with Gasteiger partial charge in [-0.2, -0.15) is 0 Å². The maximum absolute atomic E-state index is 14.7. The Morgan fingerprint density at radius 2 is 2.03 bits per heavy atom. The van der Waals surface area contributed by atoms with E-state index in [0.717, 1.165) is 6.07 Å². The van der Waals surface area contributed by atoms with Crippen LogP contribution in [0.1, 0.15) is 37.7 Å². The smallest absolute Gasteiger partial charge is 0.273 e. The van der Waals surface area contributed by atoms with Gasteiger partial charge in [0.1, 0.15) is 22.2 Å². The Labute approximate surface area is 179 Å². The molecule has 1 saturated heterocycles. The number of amidine groups is 1. The summed E-state index contributed by atoms with van der Waals surface area (Å²) in [5.41, 5.74) is -1.84. The van der Waals surface area contributed by atoms with Crippen LogP contribution in [0.5, 0.6) is 5.75 Å². The summed E-state index contributed by atoms with van der Waals surface area (Å²) in [4.78, 5) is 16.2. The first kappa shape index (κ1) is 22.9. The number of amides is 1. The molecule has 1 fully saturated rings. The van der Waals surface area contributed by atoms with Crippen LogP contribution < -0.4 is 15.4 Å². The Kier molecular flexibility index (Phi) is 5.68. The second kappa shape index (κ2) is 7.70. The molecule has 1 aromatic heterocycles. The number of carbonyl (C=O) groups excluding carboxylic acids is 1. The number of aromatic nitrogens is 1. The Balaban J connectivity index is 1.87. The van der Waals surface area contributed by atoms with E-state index in [1.807, 2.05) is 0 Å². The highest BCUT2D eigenvalue weighted by Crippen LogP contribution is 2.37. The van der Waals surface area contributed by atoms with Gasteiger partial charge in [-0.1, -0.05) is 6.08 Å². The van der Waals surface area contributed by atoms with Gasteiger partial charge < -0.3 is 15.4 Å². The molecule has 1 unspecified atom stereocenters. The zero-order valence-corrected chi connectivity index (χ0v) is 18.4. The highest BCUT2D eigenvalue weighted by molar-refractivity contribution is 7.93. The van der Waals surface area contributed by atoms with E-state index in [0.29, 0.717) is 0 Å². The highest BCUT2D eigenvalue weighted by atomic mass is 32.2. The Morgan fingerprint density at radius 1 is 1.35 bits per heavy atom. The van der Waals surface area contributed by atoms with Gasteiger partial charge in [-0.05, 0) is 33.3 Å². The quantitative estimate of drug-likeness (QED) is 0.640. The van der Waals surface area contributed by atoms with E-state index >= 15 is 0 Å². The third-order valence-corrected chi connectivity index (χ3v) is 8.33. The molecular formula is C20H24F2N4O4S. The van der Waals surface area contributed by atoms with Crippen molar-refractivity contribution in [1.29, 1.82) is 5.41 Å². The minimum atomic E-state index is -3.77. The third-order valence-electron chi connectivity index (χ3n) is 5.61. The molecule has 0 aromatic carbocycles. The molecule has 0 radical (unpaired) electrons. The van der Waals surface area contributed by atoms with Crippen LogP contribution in [0.15, 0.2) is 35.8 Å². The summed E-state index contributed by atoms with van der Waals surface area (Å²) >= 11 is 0. The molecule has 3 rings (SSSR count). The number of methoxy groups -OCH3 is 1. The van der Waals surface area contributed by atoms with Gasteiger partial charge in [0, 0.05) is 11.6 Å². The fourth-order valence-electron chi connectivity index (χ4n) is 3.50. The highest BCUT2D eigenvalue weighted by Gasteiger charge is 2.52. The summed E-state index contributed by atoms with van der Waals surface area (Å²) in [7, 11) is -2.43. The molecule has 8 nitrogen and oxygen atoms in total. The largest absolute Gasteiger partial charge is 0.495 e. The molecule has 1 amide bonds. The van der Waals surface area contributed by atoms with Gasteiger partial charge >= 0.3 is 0 Å². The molecule has 31 heavy (non-hydrogen) atoms. The first-order chi connectivity index (χ1) is 14.3. The van der Waals surface area contributed by atoms with E-state index in [9.17, 15) is 22.0 Å². The molecule has 2 heterocycles. The average Bonchev–Trinajstić information content (AvgIpc) is 2.67.